The van der Waals surface area contributed by atoms with Gasteiger partial charge in [-0.15, -0.1) is 0 Å². The Morgan fingerprint density at radius 2 is 2.05 bits per heavy atom. The number of rotatable bonds is 5. The molecule has 3 rings (SSSR count). The second-order valence-electron chi connectivity index (χ2n) is 6.64. The van der Waals surface area contributed by atoms with Gasteiger partial charge in [-0.3, -0.25) is 4.79 Å². The molecule has 2 aliphatic carbocycles. The molecule has 120 valence electrons. The van der Waals surface area contributed by atoms with Gasteiger partial charge in [-0.25, -0.2) is 0 Å². The molecule has 2 aliphatic rings. The predicted octanol–water partition coefficient (Wildman–Crippen LogP) is 3.26. The number of hydrogen-bond acceptors (Lipinski definition) is 3. The van der Waals surface area contributed by atoms with E-state index in [1.54, 1.807) is 26.4 Å². The third-order valence-corrected chi connectivity index (χ3v) is 5.44. The molecule has 22 heavy (non-hydrogen) atoms. The Labute approximate surface area is 132 Å². The molecular formula is C18H25NO3. The Kier molecular flexibility index (Phi) is 4.27. The number of methoxy groups -OCH3 is 2. The van der Waals surface area contributed by atoms with E-state index in [4.69, 9.17) is 9.47 Å². The van der Waals surface area contributed by atoms with Gasteiger partial charge in [0.1, 0.15) is 0 Å². The molecule has 0 aromatic heterocycles. The molecule has 0 saturated heterocycles. The van der Waals surface area contributed by atoms with Crippen molar-refractivity contribution in [3.05, 3.63) is 23.8 Å². The minimum atomic E-state index is -0.0778. The zero-order chi connectivity index (χ0) is 15.7. The van der Waals surface area contributed by atoms with Crippen molar-refractivity contribution in [3.63, 3.8) is 0 Å². The van der Waals surface area contributed by atoms with E-state index in [-0.39, 0.29) is 11.9 Å². The fraction of sp³-hybridized carbons (Fsp3) is 0.611. The van der Waals surface area contributed by atoms with Crippen molar-refractivity contribution in [3.8, 4) is 11.5 Å². The highest BCUT2D eigenvalue weighted by Gasteiger charge is 2.42. The van der Waals surface area contributed by atoms with Crippen molar-refractivity contribution in [2.75, 3.05) is 14.2 Å². The fourth-order valence-corrected chi connectivity index (χ4v) is 4.36. The van der Waals surface area contributed by atoms with Gasteiger partial charge in [0, 0.05) is 6.04 Å². The second kappa shape index (κ2) is 6.19. The van der Waals surface area contributed by atoms with Crippen LogP contribution < -0.4 is 14.8 Å². The third-order valence-electron chi connectivity index (χ3n) is 5.44. The molecule has 2 saturated carbocycles. The van der Waals surface area contributed by atoms with Gasteiger partial charge in [-0.2, -0.15) is 0 Å². The molecule has 1 N–H and O–H groups in total. The molecule has 4 atom stereocenters. The normalized spacial score (nSPS) is 27.5. The van der Waals surface area contributed by atoms with Crippen LogP contribution in [0.5, 0.6) is 11.5 Å². The summed E-state index contributed by atoms with van der Waals surface area (Å²) in [7, 11) is 3.14. The lowest BCUT2D eigenvalue weighted by atomic mass is 9.84. The first kappa shape index (κ1) is 15.2. The van der Waals surface area contributed by atoms with Crippen LogP contribution in [0.25, 0.3) is 0 Å². The molecule has 1 amide bonds. The largest absolute Gasteiger partial charge is 0.493 e. The molecule has 0 unspecified atom stereocenters. The van der Waals surface area contributed by atoms with E-state index in [9.17, 15) is 4.79 Å². The predicted molar refractivity (Wildman–Crippen MR) is 85.4 cm³/mol. The zero-order valence-corrected chi connectivity index (χ0v) is 13.6. The highest BCUT2D eigenvalue weighted by Crippen LogP contribution is 2.49. The maximum Gasteiger partial charge on any atom is 0.255 e. The van der Waals surface area contributed by atoms with Crippen molar-refractivity contribution < 1.29 is 14.3 Å². The molecule has 2 fully saturated rings. The quantitative estimate of drug-likeness (QED) is 0.908. The summed E-state index contributed by atoms with van der Waals surface area (Å²) in [4.78, 5) is 12.6. The van der Waals surface area contributed by atoms with Crippen LogP contribution >= 0.6 is 0 Å². The molecule has 0 heterocycles. The lowest BCUT2D eigenvalue weighted by Gasteiger charge is -2.28. The molecule has 0 radical (unpaired) electrons. The van der Waals surface area contributed by atoms with Crippen molar-refractivity contribution >= 4 is 5.91 Å². The smallest absolute Gasteiger partial charge is 0.255 e. The zero-order valence-electron chi connectivity index (χ0n) is 13.6. The minimum Gasteiger partial charge on any atom is -0.493 e. The summed E-state index contributed by atoms with van der Waals surface area (Å²) in [6.07, 6.45) is 5.33. The van der Waals surface area contributed by atoms with Crippen LogP contribution in [0.15, 0.2) is 18.2 Å². The summed E-state index contributed by atoms with van der Waals surface area (Å²) in [6, 6.07) is 5.61. The fourth-order valence-electron chi connectivity index (χ4n) is 4.36. The van der Waals surface area contributed by atoms with Crippen LogP contribution in [0.2, 0.25) is 0 Å². The Balaban J connectivity index is 1.72. The van der Waals surface area contributed by atoms with Crippen LogP contribution in [-0.2, 0) is 0 Å². The standard InChI is InChI=1S/C18H25NO3/c1-11(15-10-12-7-8-13(15)9-12)19-18(20)14-5-4-6-16(21-2)17(14)22-3/h4-6,11-13,15H,7-10H2,1-3H3,(H,19,20)/t11-,12+,13+,15-/m1/s1. The van der Waals surface area contributed by atoms with Gasteiger partial charge in [-0.1, -0.05) is 12.5 Å². The second-order valence-corrected chi connectivity index (χ2v) is 6.64. The van der Waals surface area contributed by atoms with Gasteiger partial charge < -0.3 is 14.8 Å². The number of carbonyl (C=O) groups is 1. The van der Waals surface area contributed by atoms with E-state index in [1.807, 2.05) is 6.07 Å². The Bertz CT molecular complexity index is 557. The SMILES string of the molecule is COc1cccc(C(=O)N[C@H](C)[C@H]2C[C@H]3CC[C@H]2C3)c1OC. The number of fused-ring (bicyclic) bond motifs is 2. The van der Waals surface area contributed by atoms with Gasteiger partial charge >= 0.3 is 0 Å². The topological polar surface area (TPSA) is 47.6 Å². The average molecular weight is 303 g/mol. The molecule has 4 nitrogen and oxygen atoms in total. The number of carbonyl (C=O) groups excluding carboxylic acids is 1. The van der Waals surface area contributed by atoms with Crippen LogP contribution in [0.1, 0.15) is 43.0 Å². The monoisotopic (exact) mass is 303 g/mol. The first-order valence-electron chi connectivity index (χ1n) is 8.16. The first-order valence-corrected chi connectivity index (χ1v) is 8.16. The Morgan fingerprint density at radius 1 is 1.23 bits per heavy atom. The van der Waals surface area contributed by atoms with E-state index >= 15 is 0 Å². The summed E-state index contributed by atoms with van der Waals surface area (Å²) in [5, 5.41) is 3.17. The number of amides is 1. The Hall–Kier alpha value is -1.71. The van der Waals surface area contributed by atoms with Gasteiger partial charge in [-0.05, 0) is 56.1 Å². The molecule has 0 spiro atoms. The highest BCUT2D eigenvalue weighted by atomic mass is 16.5. The minimum absolute atomic E-state index is 0.0778. The summed E-state index contributed by atoms with van der Waals surface area (Å²) in [5.41, 5.74) is 0.539. The van der Waals surface area contributed by atoms with E-state index in [0.29, 0.717) is 23.0 Å². The van der Waals surface area contributed by atoms with E-state index in [0.717, 1.165) is 11.8 Å². The summed E-state index contributed by atoms with van der Waals surface area (Å²) in [6.45, 7) is 2.13. The first-order chi connectivity index (χ1) is 10.6. The van der Waals surface area contributed by atoms with Crippen molar-refractivity contribution in [2.45, 2.75) is 38.6 Å². The summed E-state index contributed by atoms with van der Waals surface area (Å²) < 4.78 is 10.6. The third kappa shape index (κ3) is 2.67. The molecule has 4 heteroatoms. The van der Waals surface area contributed by atoms with Gasteiger partial charge in [0.15, 0.2) is 11.5 Å². The van der Waals surface area contributed by atoms with Crippen LogP contribution in [-0.4, -0.2) is 26.2 Å². The van der Waals surface area contributed by atoms with Crippen LogP contribution in [0, 0.1) is 17.8 Å². The van der Waals surface area contributed by atoms with Gasteiger partial charge in [0.05, 0.1) is 19.8 Å². The molecule has 2 bridgehead atoms. The van der Waals surface area contributed by atoms with Crippen LogP contribution in [0.4, 0.5) is 0 Å². The Morgan fingerprint density at radius 3 is 2.64 bits per heavy atom. The number of hydrogen-bond donors (Lipinski definition) is 1. The van der Waals surface area contributed by atoms with E-state index < -0.39 is 0 Å². The number of nitrogens with one attached hydrogen (secondary N) is 1. The van der Waals surface area contributed by atoms with Crippen molar-refractivity contribution in [2.24, 2.45) is 17.8 Å². The number of benzene rings is 1. The van der Waals surface area contributed by atoms with Crippen molar-refractivity contribution in [1.82, 2.24) is 5.32 Å². The lowest BCUT2D eigenvalue weighted by molar-refractivity contribution is 0.0911. The molecular weight excluding hydrogens is 278 g/mol. The summed E-state index contributed by atoms with van der Waals surface area (Å²) in [5.74, 6) is 3.32. The molecule has 0 aliphatic heterocycles. The van der Waals surface area contributed by atoms with E-state index in [2.05, 4.69) is 12.2 Å². The van der Waals surface area contributed by atoms with Crippen molar-refractivity contribution in [1.29, 1.82) is 0 Å². The number of para-hydroxylation sites is 1. The van der Waals surface area contributed by atoms with Crippen LogP contribution in [0.3, 0.4) is 0 Å². The number of ether oxygens (including phenoxy) is 2. The lowest BCUT2D eigenvalue weighted by Crippen LogP contribution is -2.40. The molecule has 1 aromatic carbocycles. The molecule has 1 aromatic rings. The average Bonchev–Trinajstić information content (AvgIpc) is 3.16. The maximum absolute atomic E-state index is 12.6. The summed E-state index contributed by atoms with van der Waals surface area (Å²) >= 11 is 0. The maximum atomic E-state index is 12.6. The van der Waals surface area contributed by atoms with Gasteiger partial charge in [0.25, 0.3) is 5.91 Å². The highest BCUT2D eigenvalue weighted by molar-refractivity contribution is 5.98. The van der Waals surface area contributed by atoms with E-state index in [1.165, 1.54) is 25.7 Å². The van der Waals surface area contributed by atoms with Gasteiger partial charge in [0.2, 0.25) is 0 Å².